The quantitative estimate of drug-likeness (QED) is 0.680. The van der Waals surface area contributed by atoms with Gasteiger partial charge in [0.2, 0.25) is 0 Å². The largest absolute Gasteiger partial charge is 0.307 e. The number of amides is 1. The number of aromatic nitrogens is 2. The number of thioether (sulfide) groups is 1. The topological polar surface area (TPSA) is 46.9 Å². The van der Waals surface area contributed by atoms with Gasteiger partial charge in [-0.3, -0.25) is 4.79 Å². The number of hydrogen-bond acceptors (Lipinski definition) is 4. The molecule has 1 aliphatic rings. The maximum absolute atomic E-state index is 11.6. The molecule has 1 aromatic carbocycles. The maximum Gasteiger partial charge on any atom is 0.263 e. The van der Waals surface area contributed by atoms with Crippen molar-refractivity contribution < 1.29 is 4.79 Å². The van der Waals surface area contributed by atoms with Crippen molar-refractivity contribution in [3.8, 4) is 5.69 Å². The molecule has 2 heterocycles. The number of hydrogen-bond donors (Lipinski definition) is 1. The van der Waals surface area contributed by atoms with Crippen LogP contribution in [0.4, 0.5) is 0 Å². The summed E-state index contributed by atoms with van der Waals surface area (Å²) in [5.41, 5.74) is 1.84. The third-order valence-electron chi connectivity index (χ3n) is 2.56. The van der Waals surface area contributed by atoms with Crippen molar-refractivity contribution in [1.82, 2.24) is 15.1 Å². The molecule has 0 aliphatic carbocycles. The molecule has 94 valence electrons. The summed E-state index contributed by atoms with van der Waals surface area (Å²) in [7, 11) is 0. The number of rotatable bonds is 2. The average Bonchev–Trinajstić information content (AvgIpc) is 2.99. The van der Waals surface area contributed by atoms with Gasteiger partial charge in [-0.1, -0.05) is 42.2 Å². The minimum absolute atomic E-state index is 0.150. The zero-order valence-electron chi connectivity index (χ0n) is 9.74. The van der Waals surface area contributed by atoms with Crippen molar-refractivity contribution in [3.05, 3.63) is 53.2 Å². The molecular formula is C13H9N3OS2. The Morgan fingerprint density at radius 1 is 1.32 bits per heavy atom. The molecule has 1 aromatic heterocycles. The molecule has 6 heteroatoms. The molecule has 0 atom stereocenters. The van der Waals surface area contributed by atoms with E-state index in [1.165, 1.54) is 11.8 Å². The normalized spacial score (nSPS) is 16.9. The van der Waals surface area contributed by atoms with Crippen molar-refractivity contribution >= 4 is 40.3 Å². The van der Waals surface area contributed by atoms with Crippen molar-refractivity contribution in [1.29, 1.82) is 0 Å². The summed E-state index contributed by atoms with van der Waals surface area (Å²) in [6.07, 6.45) is 5.37. The highest BCUT2D eigenvalue weighted by Crippen LogP contribution is 2.25. The van der Waals surface area contributed by atoms with Crippen LogP contribution in [0.15, 0.2) is 47.6 Å². The van der Waals surface area contributed by atoms with E-state index < -0.39 is 0 Å². The van der Waals surface area contributed by atoms with Crippen molar-refractivity contribution in [2.45, 2.75) is 0 Å². The predicted molar refractivity (Wildman–Crippen MR) is 79.9 cm³/mol. The number of carbonyl (C=O) groups excluding carboxylic acids is 1. The van der Waals surface area contributed by atoms with Crippen LogP contribution >= 0.6 is 24.0 Å². The number of para-hydroxylation sites is 1. The minimum Gasteiger partial charge on any atom is -0.307 e. The highest BCUT2D eigenvalue weighted by atomic mass is 32.2. The van der Waals surface area contributed by atoms with E-state index in [1.54, 1.807) is 17.0 Å². The van der Waals surface area contributed by atoms with Gasteiger partial charge in [0.05, 0.1) is 16.8 Å². The van der Waals surface area contributed by atoms with Gasteiger partial charge in [0.25, 0.3) is 5.91 Å². The van der Waals surface area contributed by atoms with E-state index in [9.17, 15) is 4.79 Å². The van der Waals surface area contributed by atoms with Crippen LogP contribution in [-0.4, -0.2) is 20.0 Å². The Hall–Kier alpha value is -1.92. The zero-order valence-corrected chi connectivity index (χ0v) is 11.4. The molecule has 1 fully saturated rings. The van der Waals surface area contributed by atoms with E-state index >= 15 is 0 Å². The maximum atomic E-state index is 11.6. The van der Waals surface area contributed by atoms with E-state index in [4.69, 9.17) is 12.2 Å². The Morgan fingerprint density at radius 2 is 2.11 bits per heavy atom. The molecule has 1 aliphatic heterocycles. The van der Waals surface area contributed by atoms with E-state index in [2.05, 4.69) is 10.4 Å². The third-order valence-corrected chi connectivity index (χ3v) is 3.73. The number of benzene rings is 1. The van der Waals surface area contributed by atoms with Gasteiger partial charge in [-0.15, -0.1) is 0 Å². The van der Waals surface area contributed by atoms with Gasteiger partial charge in [-0.2, -0.15) is 5.10 Å². The van der Waals surface area contributed by atoms with Crippen molar-refractivity contribution in [2.75, 3.05) is 0 Å². The summed E-state index contributed by atoms with van der Waals surface area (Å²) in [5, 5.41) is 6.86. The summed E-state index contributed by atoms with van der Waals surface area (Å²) >= 11 is 6.21. The van der Waals surface area contributed by atoms with E-state index in [0.717, 1.165) is 11.3 Å². The first-order chi connectivity index (χ1) is 9.22. The Kier molecular flexibility index (Phi) is 3.18. The highest BCUT2D eigenvalue weighted by Gasteiger charge is 2.22. The fourth-order valence-electron chi connectivity index (χ4n) is 1.71. The Bertz CT molecular complexity index is 676. The van der Waals surface area contributed by atoms with Crippen molar-refractivity contribution in [3.63, 3.8) is 0 Å². The molecule has 3 rings (SSSR count). The summed E-state index contributed by atoms with van der Waals surface area (Å²) < 4.78 is 2.26. The molecule has 0 radical (unpaired) electrons. The number of carbonyl (C=O) groups is 1. The third kappa shape index (κ3) is 2.59. The number of nitrogens with zero attached hydrogens (tertiary/aromatic N) is 2. The fourth-order valence-corrected chi connectivity index (χ4v) is 2.75. The van der Waals surface area contributed by atoms with Gasteiger partial charge in [0.15, 0.2) is 0 Å². The van der Waals surface area contributed by atoms with Gasteiger partial charge in [0.1, 0.15) is 4.32 Å². The first-order valence-corrected chi connectivity index (χ1v) is 6.80. The summed E-state index contributed by atoms with van der Waals surface area (Å²) in [5.74, 6) is -0.150. The second kappa shape index (κ2) is 4.99. The molecule has 0 bridgehead atoms. The van der Waals surface area contributed by atoms with Crippen LogP contribution in [0, 0.1) is 0 Å². The molecule has 4 nitrogen and oxygen atoms in total. The molecule has 19 heavy (non-hydrogen) atoms. The lowest BCUT2D eigenvalue weighted by molar-refractivity contribution is -0.115. The van der Waals surface area contributed by atoms with E-state index in [0.29, 0.717) is 9.23 Å². The fraction of sp³-hybridized carbons (Fsp3) is 0. The molecule has 0 unspecified atom stereocenters. The Labute approximate surface area is 119 Å². The predicted octanol–water partition coefficient (Wildman–Crippen LogP) is 2.36. The molecule has 2 aromatic rings. The lowest BCUT2D eigenvalue weighted by Crippen LogP contribution is -2.17. The molecule has 0 spiro atoms. The average molecular weight is 287 g/mol. The molecule has 0 saturated carbocycles. The van der Waals surface area contributed by atoms with Crippen LogP contribution in [0.3, 0.4) is 0 Å². The minimum atomic E-state index is -0.150. The monoisotopic (exact) mass is 287 g/mol. The van der Waals surface area contributed by atoms with Crippen molar-refractivity contribution in [2.24, 2.45) is 0 Å². The standard InChI is InChI=1S/C13H9N3OS2/c17-12-11(19-13(18)15-12)6-9-7-14-16(8-9)10-4-2-1-3-5-10/h1-8H,(H,15,17,18). The summed E-state index contributed by atoms with van der Waals surface area (Å²) in [6.45, 7) is 0. The van der Waals surface area contributed by atoms with Gasteiger partial charge < -0.3 is 5.32 Å². The van der Waals surface area contributed by atoms with Crippen LogP contribution in [0.2, 0.25) is 0 Å². The summed E-state index contributed by atoms with van der Waals surface area (Å²) in [4.78, 5) is 12.1. The zero-order chi connectivity index (χ0) is 13.2. The molecule has 1 amide bonds. The van der Waals surface area contributed by atoms with E-state index in [-0.39, 0.29) is 5.91 Å². The van der Waals surface area contributed by atoms with Crippen LogP contribution in [0.5, 0.6) is 0 Å². The first kappa shape index (κ1) is 12.1. The van der Waals surface area contributed by atoms with Gasteiger partial charge in [0, 0.05) is 11.8 Å². The van der Waals surface area contributed by atoms with Gasteiger partial charge in [-0.25, -0.2) is 4.68 Å². The molecular weight excluding hydrogens is 278 g/mol. The van der Waals surface area contributed by atoms with Gasteiger partial charge in [-0.05, 0) is 18.2 Å². The highest BCUT2D eigenvalue weighted by molar-refractivity contribution is 8.26. The lowest BCUT2D eigenvalue weighted by atomic mass is 10.3. The van der Waals surface area contributed by atoms with E-state index in [1.807, 2.05) is 36.5 Å². The summed E-state index contributed by atoms with van der Waals surface area (Å²) in [6, 6.07) is 9.80. The molecule has 1 saturated heterocycles. The first-order valence-electron chi connectivity index (χ1n) is 5.57. The molecule has 1 N–H and O–H groups in total. The lowest BCUT2D eigenvalue weighted by Gasteiger charge is -1.98. The Morgan fingerprint density at radius 3 is 2.79 bits per heavy atom. The second-order valence-electron chi connectivity index (χ2n) is 3.91. The Balaban J connectivity index is 1.89. The number of thiocarbonyl (C=S) groups is 1. The van der Waals surface area contributed by atoms with Crippen LogP contribution < -0.4 is 5.32 Å². The van der Waals surface area contributed by atoms with Crippen LogP contribution in [-0.2, 0) is 4.79 Å². The SMILES string of the molecule is O=C1NC(=S)SC1=Cc1cnn(-c2ccccc2)c1. The smallest absolute Gasteiger partial charge is 0.263 e. The number of nitrogens with one attached hydrogen (secondary N) is 1. The second-order valence-corrected chi connectivity index (χ2v) is 5.62. The van der Waals surface area contributed by atoms with Crippen LogP contribution in [0.25, 0.3) is 11.8 Å². The van der Waals surface area contributed by atoms with Gasteiger partial charge >= 0.3 is 0 Å². The van der Waals surface area contributed by atoms with Crippen LogP contribution in [0.1, 0.15) is 5.56 Å².